The van der Waals surface area contributed by atoms with Crippen LogP contribution in [0.5, 0.6) is 0 Å². The average molecular weight is 151 g/mol. The van der Waals surface area contributed by atoms with Crippen molar-refractivity contribution in [1.82, 2.24) is 4.90 Å². The second kappa shape index (κ2) is 5.70. The topological polar surface area (TPSA) is 50.8 Å². The lowest BCUT2D eigenvalue weighted by molar-refractivity contribution is 0.288. The Morgan fingerprint density at radius 1 is 1.45 bits per heavy atom. The maximum absolute atomic E-state index is 8.62. The maximum atomic E-state index is 8.62. The fraction of sp³-hybridized carbons (Fsp3) is 0.750. The van der Waals surface area contributed by atoms with Crippen LogP contribution in [0.25, 0.3) is 0 Å². The van der Waals surface area contributed by atoms with Gasteiger partial charge in [0.1, 0.15) is 0 Å². The number of hydrogen-bond acceptors (Lipinski definition) is 3. The van der Waals surface area contributed by atoms with Crippen LogP contribution in [0.1, 0.15) is 19.8 Å². The summed E-state index contributed by atoms with van der Waals surface area (Å²) < 4.78 is 0. The second-order valence-corrected chi connectivity index (χ2v) is 2.44. The fourth-order valence-corrected chi connectivity index (χ4v) is 0.884. The Hall–Kier alpha value is -1.06. The van der Waals surface area contributed by atoms with E-state index in [4.69, 9.17) is 10.5 Å². The molecule has 0 spiro atoms. The van der Waals surface area contributed by atoms with Crippen LogP contribution < -0.4 is 0 Å². The fourth-order valence-electron chi connectivity index (χ4n) is 0.884. The van der Waals surface area contributed by atoms with E-state index in [2.05, 4.69) is 12.1 Å². The van der Waals surface area contributed by atoms with E-state index in [-0.39, 0.29) is 6.04 Å². The highest BCUT2D eigenvalue weighted by molar-refractivity contribution is 4.90. The summed E-state index contributed by atoms with van der Waals surface area (Å²) in [6.07, 6.45) is 1.31. The van der Waals surface area contributed by atoms with Gasteiger partial charge in [0.15, 0.2) is 0 Å². The summed E-state index contributed by atoms with van der Waals surface area (Å²) in [5, 5.41) is 16.9. The molecule has 0 aliphatic carbocycles. The van der Waals surface area contributed by atoms with Gasteiger partial charge in [-0.3, -0.25) is 4.90 Å². The molecule has 1 unspecified atom stereocenters. The molecule has 3 nitrogen and oxygen atoms in total. The van der Waals surface area contributed by atoms with Crippen molar-refractivity contribution < 1.29 is 0 Å². The van der Waals surface area contributed by atoms with Gasteiger partial charge in [0.25, 0.3) is 0 Å². The summed E-state index contributed by atoms with van der Waals surface area (Å²) in [6, 6.07) is 4.19. The van der Waals surface area contributed by atoms with Crippen LogP contribution in [0, 0.1) is 22.7 Å². The lowest BCUT2D eigenvalue weighted by Gasteiger charge is -2.19. The largest absolute Gasteiger partial charge is 0.290 e. The molecule has 60 valence electrons. The number of nitrogens with zero attached hydrogens (tertiary/aromatic N) is 3. The Morgan fingerprint density at radius 2 is 2.09 bits per heavy atom. The Morgan fingerprint density at radius 3 is 2.45 bits per heavy atom. The first-order valence-corrected chi connectivity index (χ1v) is 3.73. The van der Waals surface area contributed by atoms with Gasteiger partial charge in [-0.1, -0.05) is 6.92 Å². The molecular weight excluding hydrogens is 138 g/mol. The van der Waals surface area contributed by atoms with Gasteiger partial charge in [-0.05, 0) is 13.5 Å². The maximum Gasteiger partial charge on any atom is 0.0973 e. The molecule has 0 rings (SSSR count). The van der Waals surface area contributed by atoms with Crippen LogP contribution in [0.15, 0.2) is 0 Å². The zero-order valence-electron chi connectivity index (χ0n) is 7.04. The first kappa shape index (κ1) is 9.94. The van der Waals surface area contributed by atoms with Crippen LogP contribution in [0.3, 0.4) is 0 Å². The van der Waals surface area contributed by atoms with Crippen LogP contribution in [0.2, 0.25) is 0 Å². The summed E-state index contributed by atoms with van der Waals surface area (Å²) in [5.74, 6) is 0. The monoisotopic (exact) mass is 151 g/mol. The predicted molar refractivity (Wildman–Crippen MR) is 42.6 cm³/mol. The predicted octanol–water partition coefficient (Wildman–Crippen LogP) is 1.13. The van der Waals surface area contributed by atoms with E-state index in [0.29, 0.717) is 13.0 Å². The summed E-state index contributed by atoms with van der Waals surface area (Å²) in [6.45, 7) is 2.65. The molecule has 0 amide bonds. The molecule has 3 heteroatoms. The van der Waals surface area contributed by atoms with E-state index < -0.39 is 0 Å². The minimum Gasteiger partial charge on any atom is -0.290 e. The Bertz CT molecular complexity index is 175. The van der Waals surface area contributed by atoms with Gasteiger partial charge in [-0.2, -0.15) is 10.5 Å². The smallest absolute Gasteiger partial charge is 0.0973 e. The Balaban J connectivity index is 3.73. The van der Waals surface area contributed by atoms with Crippen molar-refractivity contribution in [3.8, 4) is 12.1 Å². The molecule has 0 radical (unpaired) electrons. The van der Waals surface area contributed by atoms with Crippen LogP contribution in [-0.2, 0) is 0 Å². The first-order valence-electron chi connectivity index (χ1n) is 3.73. The third-order valence-corrected chi connectivity index (χ3v) is 1.64. The van der Waals surface area contributed by atoms with Crippen molar-refractivity contribution in [2.45, 2.75) is 25.8 Å². The van der Waals surface area contributed by atoms with Crippen molar-refractivity contribution in [1.29, 1.82) is 10.5 Å². The SMILES string of the molecule is CCC(C#N)N(C)CCC#N. The zero-order chi connectivity index (χ0) is 8.69. The van der Waals surface area contributed by atoms with Crippen molar-refractivity contribution in [2.24, 2.45) is 0 Å². The van der Waals surface area contributed by atoms with Gasteiger partial charge >= 0.3 is 0 Å². The van der Waals surface area contributed by atoms with Gasteiger partial charge < -0.3 is 0 Å². The highest BCUT2D eigenvalue weighted by Gasteiger charge is 2.09. The highest BCUT2D eigenvalue weighted by Crippen LogP contribution is 1.99. The van der Waals surface area contributed by atoms with Crippen molar-refractivity contribution in [3.63, 3.8) is 0 Å². The number of nitriles is 2. The third kappa shape index (κ3) is 3.60. The molecule has 11 heavy (non-hydrogen) atoms. The van der Waals surface area contributed by atoms with Gasteiger partial charge in [0.2, 0.25) is 0 Å². The molecule has 0 aliphatic rings. The quantitative estimate of drug-likeness (QED) is 0.605. The molecule has 0 saturated heterocycles. The molecular formula is C8H13N3. The van der Waals surface area contributed by atoms with E-state index >= 15 is 0 Å². The highest BCUT2D eigenvalue weighted by atomic mass is 15.1. The molecule has 0 saturated carbocycles. The molecule has 0 aromatic heterocycles. The van der Waals surface area contributed by atoms with Gasteiger partial charge in [0.05, 0.1) is 18.2 Å². The van der Waals surface area contributed by atoms with E-state index in [1.165, 1.54) is 0 Å². The summed E-state index contributed by atoms with van der Waals surface area (Å²) in [4.78, 5) is 1.91. The lowest BCUT2D eigenvalue weighted by atomic mass is 10.2. The summed E-state index contributed by atoms with van der Waals surface area (Å²) in [7, 11) is 1.87. The molecule has 0 N–H and O–H groups in total. The van der Waals surface area contributed by atoms with Gasteiger partial charge in [0, 0.05) is 13.0 Å². The summed E-state index contributed by atoms with van der Waals surface area (Å²) in [5.41, 5.74) is 0. The van der Waals surface area contributed by atoms with Gasteiger partial charge in [-0.25, -0.2) is 0 Å². The van der Waals surface area contributed by atoms with Crippen molar-refractivity contribution >= 4 is 0 Å². The minimum atomic E-state index is -0.0386. The van der Waals surface area contributed by atoms with Crippen molar-refractivity contribution in [2.75, 3.05) is 13.6 Å². The van der Waals surface area contributed by atoms with E-state index in [1.54, 1.807) is 0 Å². The molecule has 0 fully saturated rings. The molecule has 0 aromatic carbocycles. The minimum absolute atomic E-state index is 0.0386. The Labute approximate surface area is 67.8 Å². The standard InChI is InChI=1S/C8H13N3/c1-3-8(7-10)11(2)6-4-5-9/h8H,3-4,6H2,1-2H3. The molecule has 0 heterocycles. The van der Waals surface area contributed by atoms with E-state index in [0.717, 1.165) is 6.42 Å². The normalized spacial score (nSPS) is 12.1. The van der Waals surface area contributed by atoms with Crippen molar-refractivity contribution in [3.05, 3.63) is 0 Å². The van der Waals surface area contributed by atoms with Crippen LogP contribution >= 0.6 is 0 Å². The van der Waals surface area contributed by atoms with Crippen LogP contribution in [0.4, 0.5) is 0 Å². The second-order valence-electron chi connectivity index (χ2n) is 2.44. The molecule has 0 bridgehead atoms. The van der Waals surface area contributed by atoms with Crippen LogP contribution in [-0.4, -0.2) is 24.5 Å². The summed E-state index contributed by atoms with van der Waals surface area (Å²) >= 11 is 0. The Kier molecular flexibility index (Phi) is 5.15. The number of rotatable bonds is 4. The lowest BCUT2D eigenvalue weighted by Crippen LogP contribution is -2.30. The number of hydrogen-bond donors (Lipinski definition) is 0. The third-order valence-electron chi connectivity index (χ3n) is 1.64. The van der Waals surface area contributed by atoms with E-state index in [1.807, 2.05) is 18.9 Å². The average Bonchev–Trinajstić information content (AvgIpc) is 2.03. The zero-order valence-corrected chi connectivity index (χ0v) is 7.04. The molecule has 1 atom stereocenters. The van der Waals surface area contributed by atoms with Gasteiger partial charge in [-0.15, -0.1) is 0 Å². The molecule has 0 aromatic rings. The molecule has 0 aliphatic heterocycles. The first-order chi connectivity index (χ1) is 5.26. The van der Waals surface area contributed by atoms with E-state index in [9.17, 15) is 0 Å².